The highest BCUT2D eigenvalue weighted by atomic mass is 16.2. The van der Waals surface area contributed by atoms with Crippen LogP contribution in [0.25, 0.3) is 0 Å². The Morgan fingerprint density at radius 2 is 2.36 bits per heavy atom. The molecule has 3 nitrogen and oxygen atoms in total. The van der Waals surface area contributed by atoms with Gasteiger partial charge in [0, 0.05) is 13.0 Å². The molecule has 1 fully saturated rings. The first-order valence-electron chi connectivity index (χ1n) is 5.42. The molecule has 3 heteroatoms. The molecular formula is C11H18N2O. The summed E-state index contributed by atoms with van der Waals surface area (Å²) in [6, 6.07) is 1.99. The topological polar surface area (TPSA) is 44.1 Å². The Morgan fingerprint density at radius 1 is 1.64 bits per heavy atom. The number of carbonyl (C=O) groups is 1. The van der Waals surface area contributed by atoms with Gasteiger partial charge in [-0.05, 0) is 18.8 Å². The molecule has 1 aliphatic heterocycles. The molecule has 1 heterocycles. The SMILES string of the molecule is CCC[C@@H]1CC(=O)N([C@H](C#N)CC)C1. The zero-order valence-corrected chi connectivity index (χ0v) is 8.99. The average molecular weight is 194 g/mol. The molecule has 1 amide bonds. The van der Waals surface area contributed by atoms with Gasteiger partial charge in [0.2, 0.25) is 5.91 Å². The number of hydrogen-bond acceptors (Lipinski definition) is 2. The largest absolute Gasteiger partial charge is 0.326 e. The molecule has 0 N–H and O–H groups in total. The Kier molecular flexibility index (Phi) is 3.94. The average Bonchev–Trinajstić information content (AvgIpc) is 2.51. The molecule has 14 heavy (non-hydrogen) atoms. The number of carbonyl (C=O) groups excluding carboxylic acids is 1. The third kappa shape index (κ3) is 2.25. The Bertz CT molecular complexity index is 244. The molecule has 0 bridgehead atoms. The van der Waals surface area contributed by atoms with Gasteiger partial charge in [-0.15, -0.1) is 0 Å². The summed E-state index contributed by atoms with van der Waals surface area (Å²) in [7, 11) is 0. The highest BCUT2D eigenvalue weighted by Gasteiger charge is 2.32. The Hall–Kier alpha value is -1.04. The van der Waals surface area contributed by atoms with Crippen LogP contribution in [-0.4, -0.2) is 23.4 Å². The van der Waals surface area contributed by atoms with Crippen LogP contribution < -0.4 is 0 Å². The van der Waals surface area contributed by atoms with E-state index in [9.17, 15) is 4.79 Å². The van der Waals surface area contributed by atoms with Crippen molar-refractivity contribution in [2.24, 2.45) is 5.92 Å². The third-order valence-corrected chi connectivity index (χ3v) is 2.85. The number of likely N-dealkylation sites (tertiary alicyclic amines) is 1. The molecule has 0 unspecified atom stereocenters. The molecule has 1 aliphatic rings. The minimum atomic E-state index is -0.204. The maximum Gasteiger partial charge on any atom is 0.223 e. The van der Waals surface area contributed by atoms with Gasteiger partial charge in [-0.3, -0.25) is 4.79 Å². The highest BCUT2D eigenvalue weighted by Crippen LogP contribution is 2.24. The van der Waals surface area contributed by atoms with Gasteiger partial charge in [0.05, 0.1) is 6.07 Å². The number of nitriles is 1. The van der Waals surface area contributed by atoms with Crippen molar-refractivity contribution in [3.8, 4) is 6.07 Å². The fraction of sp³-hybridized carbons (Fsp3) is 0.818. The molecule has 0 radical (unpaired) electrons. The quantitative estimate of drug-likeness (QED) is 0.686. The lowest BCUT2D eigenvalue weighted by molar-refractivity contribution is -0.128. The first kappa shape index (κ1) is 11.0. The molecule has 0 aromatic rings. The summed E-state index contributed by atoms with van der Waals surface area (Å²) in [5.41, 5.74) is 0. The highest BCUT2D eigenvalue weighted by molar-refractivity contribution is 5.79. The van der Waals surface area contributed by atoms with E-state index in [0.717, 1.165) is 25.8 Å². The molecular weight excluding hydrogens is 176 g/mol. The molecule has 0 spiro atoms. The second-order valence-corrected chi connectivity index (χ2v) is 3.96. The second-order valence-electron chi connectivity index (χ2n) is 3.96. The van der Waals surface area contributed by atoms with Crippen LogP contribution in [0.15, 0.2) is 0 Å². The van der Waals surface area contributed by atoms with Crippen LogP contribution in [0.5, 0.6) is 0 Å². The van der Waals surface area contributed by atoms with Crippen LogP contribution in [0, 0.1) is 17.2 Å². The normalized spacial score (nSPS) is 23.6. The summed E-state index contributed by atoms with van der Waals surface area (Å²) in [6.45, 7) is 4.88. The second kappa shape index (κ2) is 4.99. The zero-order chi connectivity index (χ0) is 10.6. The molecule has 0 aliphatic carbocycles. The van der Waals surface area contributed by atoms with Gasteiger partial charge in [-0.2, -0.15) is 5.26 Å². The fourth-order valence-corrected chi connectivity index (χ4v) is 2.09. The lowest BCUT2D eigenvalue weighted by atomic mass is 10.0. The van der Waals surface area contributed by atoms with Crippen LogP contribution in [0.2, 0.25) is 0 Å². The predicted molar refractivity (Wildman–Crippen MR) is 54.4 cm³/mol. The van der Waals surface area contributed by atoms with Crippen molar-refractivity contribution in [3.05, 3.63) is 0 Å². The number of nitrogens with zero attached hydrogens (tertiary/aromatic N) is 2. The third-order valence-electron chi connectivity index (χ3n) is 2.85. The smallest absolute Gasteiger partial charge is 0.223 e. The van der Waals surface area contributed by atoms with Gasteiger partial charge >= 0.3 is 0 Å². The summed E-state index contributed by atoms with van der Waals surface area (Å²) in [5.74, 6) is 0.645. The number of hydrogen-bond donors (Lipinski definition) is 0. The monoisotopic (exact) mass is 194 g/mol. The van der Waals surface area contributed by atoms with Crippen molar-refractivity contribution in [3.63, 3.8) is 0 Å². The van der Waals surface area contributed by atoms with Crippen LogP contribution in [-0.2, 0) is 4.79 Å². The van der Waals surface area contributed by atoms with Gasteiger partial charge < -0.3 is 4.90 Å². The molecule has 78 valence electrons. The van der Waals surface area contributed by atoms with E-state index in [1.54, 1.807) is 4.90 Å². The van der Waals surface area contributed by atoms with E-state index in [1.165, 1.54) is 0 Å². The summed E-state index contributed by atoms with van der Waals surface area (Å²) in [4.78, 5) is 13.3. The van der Waals surface area contributed by atoms with Crippen molar-refractivity contribution in [2.45, 2.75) is 45.6 Å². The minimum absolute atomic E-state index is 0.164. The van der Waals surface area contributed by atoms with Gasteiger partial charge in [0.15, 0.2) is 0 Å². The maximum absolute atomic E-state index is 11.6. The molecule has 0 saturated carbocycles. The molecule has 0 aromatic heterocycles. The van der Waals surface area contributed by atoms with E-state index in [0.29, 0.717) is 12.3 Å². The van der Waals surface area contributed by atoms with Crippen molar-refractivity contribution in [1.82, 2.24) is 4.90 Å². The maximum atomic E-state index is 11.6. The molecule has 1 saturated heterocycles. The van der Waals surface area contributed by atoms with Crippen molar-refractivity contribution < 1.29 is 4.79 Å². The molecule has 2 atom stereocenters. The van der Waals surface area contributed by atoms with Gasteiger partial charge in [0.25, 0.3) is 0 Å². The summed E-state index contributed by atoms with van der Waals surface area (Å²) >= 11 is 0. The van der Waals surface area contributed by atoms with Gasteiger partial charge in [0.1, 0.15) is 6.04 Å². The first-order valence-corrected chi connectivity index (χ1v) is 5.42. The zero-order valence-electron chi connectivity index (χ0n) is 8.99. The summed E-state index contributed by atoms with van der Waals surface area (Å²) < 4.78 is 0. The predicted octanol–water partition coefficient (Wildman–Crippen LogP) is 1.94. The minimum Gasteiger partial charge on any atom is -0.326 e. The number of amides is 1. The van der Waals surface area contributed by atoms with Crippen LogP contribution in [0.3, 0.4) is 0 Å². The Morgan fingerprint density at radius 3 is 2.86 bits per heavy atom. The van der Waals surface area contributed by atoms with E-state index in [1.807, 2.05) is 6.92 Å². The van der Waals surface area contributed by atoms with Crippen molar-refractivity contribution in [1.29, 1.82) is 5.26 Å². The van der Waals surface area contributed by atoms with E-state index < -0.39 is 0 Å². The van der Waals surface area contributed by atoms with E-state index in [2.05, 4.69) is 13.0 Å². The van der Waals surface area contributed by atoms with Gasteiger partial charge in [-0.25, -0.2) is 0 Å². The molecule has 1 rings (SSSR count). The van der Waals surface area contributed by atoms with Gasteiger partial charge in [-0.1, -0.05) is 20.3 Å². The van der Waals surface area contributed by atoms with Crippen LogP contribution in [0.1, 0.15) is 39.5 Å². The first-order chi connectivity index (χ1) is 6.72. The number of rotatable bonds is 4. The molecule has 0 aromatic carbocycles. The van der Waals surface area contributed by atoms with Crippen molar-refractivity contribution in [2.75, 3.05) is 6.54 Å². The fourth-order valence-electron chi connectivity index (χ4n) is 2.09. The van der Waals surface area contributed by atoms with E-state index in [-0.39, 0.29) is 11.9 Å². The lowest BCUT2D eigenvalue weighted by Gasteiger charge is -2.21. The van der Waals surface area contributed by atoms with E-state index >= 15 is 0 Å². The Labute approximate surface area is 85.7 Å². The lowest BCUT2D eigenvalue weighted by Crippen LogP contribution is -2.35. The summed E-state index contributed by atoms with van der Waals surface area (Å²) in [5, 5.41) is 8.88. The van der Waals surface area contributed by atoms with Crippen molar-refractivity contribution >= 4 is 5.91 Å². The Balaban J connectivity index is 2.56. The van der Waals surface area contributed by atoms with E-state index in [4.69, 9.17) is 5.26 Å². The van der Waals surface area contributed by atoms with Crippen LogP contribution >= 0.6 is 0 Å². The summed E-state index contributed by atoms with van der Waals surface area (Å²) in [6.07, 6.45) is 3.60. The standard InChI is InChI=1S/C11H18N2O/c1-3-5-9-6-11(14)13(8-9)10(4-2)7-12/h9-10H,3-6,8H2,1-2H3/t9-,10+/m1/s1. The van der Waals surface area contributed by atoms with Crippen LogP contribution in [0.4, 0.5) is 0 Å².